The topological polar surface area (TPSA) is 220 Å². The first-order valence-corrected chi connectivity index (χ1v) is 43.8. The number of amides is 4. The van der Waals surface area contributed by atoms with Gasteiger partial charge in [0, 0.05) is 47.9 Å². The molecule has 1 unspecified atom stereocenters. The van der Waals surface area contributed by atoms with Crippen molar-refractivity contribution in [2.75, 3.05) is 21.3 Å². The minimum Gasteiger partial charge on any atom is -0.309 e. The molecular weight excluding hydrogens is 1390 g/mol. The molecule has 17 rings (SSSR count). The van der Waals surface area contributed by atoms with E-state index in [4.69, 9.17) is 39.9 Å². The van der Waals surface area contributed by atoms with Crippen LogP contribution in [0.15, 0.2) is 97.1 Å². The maximum atomic E-state index is 12.9. The summed E-state index contributed by atoms with van der Waals surface area (Å²) in [4.78, 5) is 89.7. The van der Waals surface area contributed by atoms with Crippen LogP contribution in [0.1, 0.15) is 282 Å². The summed E-state index contributed by atoms with van der Waals surface area (Å²) in [6.45, 7) is 9.69. The van der Waals surface area contributed by atoms with E-state index in [1.807, 2.05) is 13.8 Å². The monoisotopic (exact) mass is 1510 g/mol. The molecule has 112 heavy (non-hydrogen) atoms. The summed E-state index contributed by atoms with van der Waals surface area (Å²) >= 11 is 0. The third-order valence-electron chi connectivity index (χ3n) is 25.5. The normalized spacial score (nSPS) is 17.7. The Kier molecular flexibility index (Phi) is 27.6. The Labute approximate surface area is 666 Å². The molecule has 5 saturated carbocycles. The number of nitrogens with zero attached hydrogens (tertiary/aromatic N) is 8. The fourth-order valence-corrected chi connectivity index (χ4v) is 19.1. The summed E-state index contributed by atoms with van der Waals surface area (Å²) in [6, 6.07) is 34.1. The van der Waals surface area contributed by atoms with Crippen LogP contribution in [0, 0.1) is 41.4 Å². The Hall–Kier alpha value is -8.92. The molecule has 4 N–H and O–H groups in total. The van der Waals surface area contributed by atoms with Crippen LogP contribution in [-0.4, -0.2) is 63.5 Å². The van der Waals surface area contributed by atoms with Gasteiger partial charge in [0.1, 0.15) is 0 Å². The lowest BCUT2D eigenvalue weighted by Gasteiger charge is -2.25. The van der Waals surface area contributed by atoms with E-state index in [1.54, 1.807) is 6.92 Å². The third kappa shape index (κ3) is 20.7. The Morgan fingerprint density at radius 3 is 0.911 bits per heavy atom. The molecule has 1 atom stereocenters. The van der Waals surface area contributed by atoms with Crippen molar-refractivity contribution in [3.8, 4) is 45.0 Å². The second kappa shape index (κ2) is 38.7. The van der Waals surface area contributed by atoms with Gasteiger partial charge in [0.2, 0.25) is 23.6 Å². The molecule has 0 radical (unpaired) electrons. The highest BCUT2D eigenvalue weighted by Gasteiger charge is 2.31. The van der Waals surface area contributed by atoms with Gasteiger partial charge in [-0.3, -0.25) is 19.2 Å². The van der Waals surface area contributed by atoms with Gasteiger partial charge in [0.25, 0.3) is 0 Å². The third-order valence-corrected chi connectivity index (χ3v) is 25.5. The Morgan fingerprint density at radius 1 is 0.339 bits per heavy atom. The van der Waals surface area contributed by atoms with Crippen LogP contribution in [0.25, 0.3) is 45.0 Å². The number of nitrogens with one attached hydrogen (secondary N) is 4. The Morgan fingerprint density at radius 2 is 0.616 bits per heavy atom. The first-order valence-electron chi connectivity index (χ1n) is 43.8. The van der Waals surface area contributed by atoms with Gasteiger partial charge in [-0.2, -0.15) is 0 Å². The van der Waals surface area contributed by atoms with Crippen LogP contribution in [-0.2, 0) is 96.2 Å². The average molecular weight is 1510 g/mol. The van der Waals surface area contributed by atoms with Crippen LogP contribution < -0.4 is 21.3 Å². The molecule has 590 valence electrons. The number of fused-ring (bicyclic) bond motifs is 12. The van der Waals surface area contributed by atoms with Gasteiger partial charge in [-0.25, -0.2) is 39.9 Å². The van der Waals surface area contributed by atoms with Crippen molar-refractivity contribution in [1.82, 2.24) is 39.9 Å². The van der Waals surface area contributed by atoms with Crippen molar-refractivity contribution in [3.05, 3.63) is 165 Å². The van der Waals surface area contributed by atoms with Gasteiger partial charge in [-0.15, -0.1) is 0 Å². The largest absolute Gasteiger partial charge is 0.309 e. The van der Waals surface area contributed by atoms with Crippen molar-refractivity contribution in [3.63, 3.8) is 0 Å². The zero-order valence-electron chi connectivity index (χ0n) is 67.8. The number of carbonyl (C=O) groups is 4. The number of aryl methyl sites for hydroxylation is 8. The van der Waals surface area contributed by atoms with E-state index < -0.39 is 0 Å². The first kappa shape index (κ1) is 79.7. The van der Waals surface area contributed by atoms with Gasteiger partial charge in [0.05, 0.1) is 68.3 Å². The number of anilines is 4. The number of benzene rings is 4. The SMILES string of the molecule is CC(=O)Nc1nc2c(nc1CC1CCCCC1)-c1ccccc1CC2.CC(C)CC(=O)Nc1nc2c(nc1CC1CCCCC1)-c1ccccc1CC2.CCC(C)C(=O)Nc1nc2c(nc1CC1CCCCC1)-c1ccccc1CC2.O=C(CC1CCCCC1)Nc1nc2c(nc1CC1CCCCC1)-c1ccccc1CC2. The highest BCUT2D eigenvalue weighted by Crippen LogP contribution is 2.41. The number of rotatable bonds is 18. The number of hydrogen-bond acceptors (Lipinski definition) is 12. The lowest BCUT2D eigenvalue weighted by atomic mass is 9.85. The van der Waals surface area contributed by atoms with E-state index in [9.17, 15) is 19.2 Å². The van der Waals surface area contributed by atoms with Crippen LogP contribution in [0.3, 0.4) is 0 Å². The summed E-state index contributed by atoms with van der Waals surface area (Å²) in [7, 11) is 0. The van der Waals surface area contributed by atoms with Crippen LogP contribution in [0.5, 0.6) is 0 Å². The molecule has 4 amide bonds. The van der Waals surface area contributed by atoms with Crippen molar-refractivity contribution >= 4 is 46.9 Å². The zero-order chi connectivity index (χ0) is 77.3. The smallest absolute Gasteiger partial charge is 0.228 e. The fourth-order valence-electron chi connectivity index (χ4n) is 19.1. The molecule has 16 nitrogen and oxygen atoms in total. The molecule has 0 bridgehead atoms. The summed E-state index contributed by atoms with van der Waals surface area (Å²) in [5.41, 5.74) is 22.3. The molecule has 0 aliphatic heterocycles. The van der Waals surface area contributed by atoms with Crippen LogP contribution in [0.4, 0.5) is 23.3 Å². The molecule has 0 spiro atoms. The van der Waals surface area contributed by atoms with Gasteiger partial charge in [-0.05, 0) is 154 Å². The van der Waals surface area contributed by atoms with Crippen molar-refractivity contribution in [1.29, 1.82) is 0 Å². The predicted molar refractivity (Wildman–Crippen MR) is 451 cm³/mol. The summed E-state index contributed by atoms with van der Waals surface area (Å²) in [5, 5.41) is 12.3. The second-order valence-corrected chi connectivity index (χ2v) is 34.6. The maximum Gasteiger partial charge on any atom is 0.228 e. The van der Waals surface area contributed by atoms with E-state index in [0.29, 0.717) is 65.8 Å². The highest BCUT2D eigenvalue weighted by atomic mass is 16.2. The molecule has 9 aliphatic rings. The standard InChI is InChI=1S/C27H35N3O.2C24H31N3O.C21H25N3O/c31-25(18-20-11-5-2-6-12-20)30-27-24(17-19-9-3-1-4-10-19)28-26-22-14-8-7-13-21(22)15-16-23(26)29-27;1-16(2)14-22(28)27-24-21(15-17-8-4-3-5-9-17)25-23-19-11-7-6-10-18(19)12-13-20(23)26-24;1-3-16(2)24(28)27-23-21(15-17-9-5-4-6-10-17)25-22-19-12-8-7-11-18(19)13-14-20(22)26-23;1-14(25)22-21-19(13-15-7-3-2-4-8-15)23-20-17-10-6-5-9-16(17)11-12-18(20)24-21/h7-8,13-14,19-20H,1-6,9-12,15-18H2,(H,29,30,31);6-7,10-11,16-17H,3-5,8-9,12-15H2,1-2H3,(H,26,27,28);7-8,11-12,16-17H,3-6,9-10,13-15H2,1-2H3,(H,26,27,28);5-6,9-10,15H,2-4,7-8,11-13H2,1H3,(H,22,24,25). The highest BCUT2D eigenvalue weighted by molar-refractivity contribution is 5.93. The van der Waals surface area contributed by atoms with E-state index >= 15 is 0 Å². The van der Waals surface area contributed by atoms with Gasteiger partial charge >= 0.3 is 0 Å². The molecule has 9 aliphatic carbocycles. The molecule has 4 heterocycles. The van der Waals surface area contributed by atoms with E-state index in [-0.39, 0.29) is 29.5 Å². The molecule has 4 aromatic heterocycles. The molecule has 0 saturated heterocycles. The van der Waals surface area contributed by atoms with Crippen LogP contribution in [0.2, 0.25) is 0 Å². The van der Waals surface area contributed by atoms with E-state index in [0.717, 1.165) is 158 Å². The van der Waals surface area contributed by atoms with E-state index in [2.05, 4.69) is 132 Å². The maximum absolute atomic E-state index is 12.9. The van der Waals surface area contributed by atoms with Crippen molar-refractivity contribution in [2.24, 2.45) is 41.4 Å². The number of carbonyl (C=O) groups excluding carboxylic acids is 4. The average Bonchev–Trinajstić information content (AvgIpc) is 0.793. The zero-order valence-corrected chi connectivity index (χ0v) is 67.8. The second-order valence-electron chi connectivity index (χ2n) is 34.6. The lowest BCUT2D eigenvalue weighted by molar-refractivity contribution is -0.119. The molecular formula is C96H122N12O4. The summed E-state index contributed by atoms with van der Waals surface area (Å²) < 4.78 is 0. The van der Waals surface area contributed by atoms with Crippen molar-refractivity contribution < 1.29 is 19.2 Å². The number of hydrogen-bond donors (Lipinski definition) is 4. The molecule has 16 heteroatoms. The van der Waals surface area contributed by atoms with Gasteiger partial charge < -0.3 is 21.3 Å². The van der Waals surface area contributed by atoms with E-state index in [1.165, 1.54) is 205 Å². The Bertz CT molecular complexity index is 4570. The minimum absolute atomic E-state index is 0.0129. The first-order chi connectivity index (χ1) is 54.7. The summed E-state index contributed by atoms with van der Waals surface area (Å²) in [5.74, 6) is 6.46. The van der Waals surface area contributed by atoms with Crippen molar-refractivity contribution in [2.45, 2.75) is 291 Å². The molecule has 4 aromatic carbocycles. The lowest BCUT2D eigenvalue weighted by Crippen LogP contribution is -2.24. The van der Waals surface area contributed by atoms with Crippen LogP contribution >= 0.6 is 0 Å². The summed E-state index contributed by atoms with van der Waals surface area (Å²) in [6.07, 6.45) is 45.3. The molecule has 8 aromatic rings. The predicted octanol–water partition coefficient (Wildman–Crippen LogP) is 21.3. The van der Waals surface area contributed by atoms with Gasteiger partial charge in [0.15, 0.2) is 23.3 Å². The fraction of sp³-hybridized carbons (Fsp3) is 0.542. The van der Waals surface area contributed by atoms with Gasteiger partial charge in [-0.1, -0.05) is 272 Å². The number of aromatic nitrogens is 8. The molecule has 5 fully saturated rings. The minimum atomic E-state index is -0.0737. The quantitative estimate of drug-likeness (QED) is 0.0630. The Balaban J connectivity index is 0.000000124.